The van der Waals surface area contributed by atoms with E-state index >= 15 is 0 Å². The highest BCUT2D eigenvalue weighted by Crippen LogP contribution is 2.17. The summed E-state index contributed by atoms with van der Waals surface area (Å²) in [5, 5.41) is 9.52. The highest BCUT2D eigenvalue weighted by atomic mass is 19.2. The van der Waals surface area contributed by atoms with Gasteiger partial charge in [-0.25, -0.2) is 8.78 Å². The normalized spacial score (nSPS) is 12.6. The summed E-state index contributed by atoms with van der Waals surface area (Å²) in [6.45, 7) is 0. The smallest absolute Gasteiger partial charge is 0.159 e. The monoisotopic (exact) mass is 291 g/mol. The third-order valence-corrected chi connectivity index (χ3v) is 3.57. The summed E-state index contributed by atoms with van der Waals surface area (Å²) < 4.78 is 26.3. The molecule has 2 aromatic carbocycles. The number of aromatic hydroxyl groups is 1. The standard InChI is InChI=1S/C17H19F2NO/c1-20(2)14(8-12-4-3-5-15(21)10-12)9-13-6-7-16(18)17(19)11-13/h3-7,10-11,14,21H,8-9H2,1-2H3. The molecule has 0 aliphatic heterocycles. The van der Waals surface area contributed by atoms with Crippen molar-refractivity contribution in [2.45, 2.75) is 18.9 Å². The van der Waals surface area contributed by atoms with E-state index in [-0.39, 0.29) is 11.8 Å². The van der Waals surface area contributed by atoms with Gasteiger partial charge in [-0.05, 0) is 62.3 Å². The zero-order valence-electron chi connectivity index (χ0n) is 12.2. The highest BCUT2D eigenvalue weighted by molar-refractivity contribution is 5.28. The van der Waals surface area contributed by atoms with Gasteiger partial charge in [0.25, 0.3) is 0 Å². The van der Waals surface area contributed by atoms with E-state index in [4.69, 9.17) is 0 Å². The van der Waals surface area contributed by atoms with Gasteiger partial charge in [-0.15, -0.1) is 0 Å². The fourth-order valence-electron chi connectivity index (χ4n) is 2.33. The molecule has 0 fully saturated rings. The molecule has 0 saturated heterocycles. The van der Waals surface area contributed by atoms with Gasteiger partial charge in [0.1, 0.15) is 5.75 Å². The molecule has 2 nitrogen and oxygen atoms in total. The Hall–Kier alpha value is -1.94. The molecule has 0 amide bonds. The first kappa shape index (κ1) is 15.4. The van der Waals surface area contributed by atoms with E-state index in [1.165, 1.54) is 6.07 Å². The van der Waals surface area contributed by atoms with E-state index < -0.39 is 11.6 Å². The largest absolute Gasteiger partial charge is 0.508 e. The van der Waals surface area contributed by atoms with Crippen LogP contribution in [0.15, 0.2) is 42.5 Å². The van der Waals surface area contributed by atoms with Crippen LogP contribution >= 0.6 is 0 Å². The van der Waals surface area contributed by atoms with E-state index in [1.54, 1.807) is 24.3 Å². The lowest BCUT2D eigenvalue weighted by atomic mass is 9.98. The van der Waals surface area contributed by atoms with Crippen molar-refractivity contribution in [2.24, 2.45) is 0 Å². The maximum atomic E-state index is 13.3. The van der Waals surface area contributed by atoms with Crippen molar-refractivity contribution in [3.8, 4) is 5.75 Å². The van der Waals surface area contributed by atoms with E-state index in [2.05, 4.69) is 0 Å². The molecule has 0 saturated carbocycles. The van der Waals surface area contributed by atoms with Crippen LogP contribution in [0.3, 0.4) is 0 Å². The quantitative estimate of drug-likeness (QED) is 0.913. The summed E-state index contributed by atoms with van der Waals surface area (Å²) in [5.74, 6) is -1.41. The molecule has 4 heteroatoms. The Kier molecular flexibility index (Phi) is 4.91. The number of likely N-dealkylation sites (N-methyl/N-ethyl adjacent to an activating group) is 1. The molecule has 1 unspecified atom stereocenters. The number of hydrogen-bond acceptors (Lipinski definition) is 2. The number of nitrogens with zero attached hydrogens (tertiary/aromatic N) is 1. The second kappa shape index (κ2) is 6.68. The molecular weight excluding hydrogens is 272 g/mol. The van der Waals surface area contributed by atoms with Crippen LogP contribution in [0.2, 0.25) is 0 Å². The van der Waals surface area contributed by atoms with Gasteiger partial charge >= 0.3 is 0 Å². The minimum absolute atomic E-state index is 0.136. The number of benzene rings is 2. The van der Waals surface area contributed by atoms with Gasteiger partial charge < -0.3 is 10.0 Å². The van der Waals surface area contributed by atoms with Crippen molar-refractivity contribution in [1.82, 2.24) is 4.90 Å². The van der Waals surface area contributed by atoms with Gasteiger partial charge in [0.2, 0.25) is 0 Å². The Balaban J connectivity index is 2.13. The van der Waals surface area contributed by atoms with Crippen molar-refractivity contribution in [3.63, 3.8) is 0 Å². The first-order valence-corrected chi connectivity index (χ1v) is 6.84. The molecule has 0 aliphatic rings. The van der Waals surface area contributed by atoms with Crippen LogP contribution in [0.4, 0.5) is 8.78 Å². The minimum atomic E-state index is -0.826. The van der Waals surface area contributed by atoms with Crippen LogP contribution < -0.4 is 0 Å². The Morgan fingerprint density at radius 3 is 2.19 bits per heavy atom. The fraction of sp³-hybridized carbons (Fsp3) is 0.294. The van der Waals surface area contributed by atoms with Gasteiger partial charge in [0.05, 0.1) is 0 Å². The summed E-state index contributed by atoms with van der Waals surface area (Å²) in [6.07, 6.45) is 1.33. The zero-order valence-corrected chi connectivity index (χ0v) is 12.2. The van der Waals surface area contributed by atoms with Crippen molar-refractivity contribution in [1.29, 1.82) is 0 Å². The van der Waals surface area contributed by atoms with Crippen molar-refractivity contribution in [2.75, 3.05) is 14.1 Å². The molecule has 1 N–H and O–H groups in total. The lowest BCUT2D eigenvalue weighted by molar-refractivity contribution is 0.289. The molecule has 2 aromatic rings. The second-order valence-electron chi connectivity index (χ2n) is 5.44. The Morgan fingerprint density at radius 1 is 0.952 bits per heavy atom. The van der Waals surface area contributed by atoms with Gasteiger partial charge in [-0.2, -0.15) is 0 Å². The molecule has 112 valence electrons. The molecule has 0 spiro atoms. The van der Waals surface area contributed by atoms with Crippen molar-refractivity contribution in [3.05, 3.63) is 65.2 Å². The van der Waals surface area contributed by atoms with Crippen molar-refractivity contribution < 1.29 is 13.9 Å². The molecule has 0 bridgehead atoms. The summed E-state index contributed by atoms with van der Waals surface area (Å²) in [7, 11) is 3.90. The summed E-state index contributed by atoms with van der Waals surface area (Å²) in [5.41, 5.74) is 1.77. The fourth-order valence-corrected chi connectivity index (χ4v) is 2.33. The van der Waals surface area contributed by atoms with Crippen LogP contribution in [0, 0.1) is 11.6 Å². The van der Waals surface area contributed by atoms with E-state index in [1.807, 2.05) is 25.1 Å². The van der Waals surface area contributed by atoms with Crippen LogP contribution in [0.25, 0.3) is 0 Å². The third-order valence-electron chi connectivity index (χ3n) is 3.57. The third kappa shape index (κ3) is 4.26. The number of rotatable bonds is 5. The maximum absolute atomic E-state index is 13.3. The van der Waals surface area contributed by atoms with E-state index in [0.29, 0.717) is 6.42 Å². The Labute approximate surface area is 123 Å². The molecule has 0 radical (unpaired) electrons. The number of phenolic OH excluding ortho intramolecular Hbond substituents is 1. The van der Waals surface area contributed by atoms with Gasteiger partial charge in [-0.1, -0.05) is 18.2 Å². The zero-order chi connectivity index (χ0) is 15.4. The van der Waals surface area contributed by atoms with Crippen LogP contribution in [-0.2, 0) is 12.8 Å². The number of hydrogen-bond donors (Lipinski definition) is 1. The van der Waals surface area contributed by atoms with Gasteiger partial charge in [0.15, 0.2) is 11.6 Å². The van der Waals surface area contributed by atoms with E-state index in [0.717, 1.165) is 23.6 Å². The molecule has 21 heavy (non-hydrogen) atoms. The van der Waals surface area contributed by atoms with Gasteiger partial charge in [-0.3, -0.25) is 0 Å². The van der Waals surface area contributed by atoms with Crippen LogP contribution in [0.1, 0.15) is 11.1 Å². The molecule has 0 aliphatic carbocycles. The molecular formula is C17H19F2NO. The predicted molar refractivity (Wildman–Crippen MR) is 79.3 cm³/mol. The number of halogens is 2. The minimum Gasteiger partial charge on any atom is -0.508 e. The first-order chi connectivity index (χ1) is 9.95. The summed E-state index contributed by atoms with van der Waals surface area (Å²) in [4.78, 5) is 2.05. The first-order valence-electron chi connectivity index (χ1n) is 6.84. The molecule has 2 rings (SSSR count). The Morgan fingerprint density at radius 2 is 1.62 bits per heavy atom. The highest BCUT2D eigenvalue weighted by Gasteiger charge is 2.14. The molecule has 0 aromatic heterocycles. The maximum Gasteiger partial charge on any atom is 0.159 e. The average molecular weight is 291 g/mol. The molecule has 0 heterocycles. The topological polar surface area (TPSA) is 23.5 Å². The second-order valence-corrected chi connectivity index (χ2v) is 5.44. The predicted octanol–water partition coefficient (Wildman–Crippen LogP) is 3.39. The van der Waals surface area contributed by atoms with Crippen molar-refractivity contribution >= 4 is 0 Å². The van der Waals surface area contributed by atoms with Gasteiger partial charge in [0, 0.05) is 6.04 Å². The summed E-state index contributed by atoms with van der Waals surface area (Å²) in [6, 6.07) is 11.2. The SMILES string of the molecule is CN(C)C(Cc1cccc(O)c1)Cc1ccc(F)c(F)c1. The average Bonchev–Trinajstić information content (AvgIpc) is 2.42. The van der Waals surface area contributed by atoms with Crippen LogP contribution in [0.5, 0.6) is 5.75 Å². The Bertz CT molecular complexity index is 613. The number of phenols is 1. The lowest BCUT2D eigenvalue weighted by Crippen LogP contribution is -2.32. The molecule has 1 atom stereocenters. The van der Waals surface area contributed by atoms with Crippen LogP contribution in [-0.4, -0.2) is 30.1 Å². The lowest BCUT2D eigenvalue weighted by Gasteiger charge is -2.24. The summed E-state index contributed by atoms with van der Waals surface area (Å²) >= 11 is 0. The van der Waals surface area contributed by atoms with E-state index in [9.17, 15) is 13.9 Å².